The molecule has 1 aromatic carbocycles. The van der Waals surface area contributed by atoms with Crippen molar-refractivity contribution in [1.29, 1.82) is 0 Å². The van der Waals surface area contributed by atoms with Gasteiger partial charge in [-0.15, -0.1) is 5.10 Å². The molecule has 0 radical (unpaired) electrons. The summed E-state index contributed by atoms with van der Waals surface area (Å²) in [6, 6.07) is 7.28. The first-order chi connectivity index (χ1) is 7.65. The van der Waals surface area contributed by atoms with Crippen LogP contribution in [0.2, 0.25) is 5.02 Å². The highest BCUT2D eigenvalue weighted by Crippen LogP contribution is 2.11. The molecule has 0 unspecified atom stereocenters. The lowest BCUT2D eigenvalue weighted by atomic mass is 10.2. The summed E-state index contributed by atoms with van der Waals surface area (Å²) in [5.74, 6) is -1.09. The predicted octanol–water partition coefficient (Wildman–Crippen LogP) is 1.68. The van der Waals surface area contributed by atoms with Gasteiger partial charge in [0.25, 0.3) is 0 Å². The molecule has 82 valence electrons. The fourth-order valence-electron chi connectivity index (χ4n) is 1.30. The second-order valence-electron chi connectivity index (χ2n) is 3.24. The van der Waals surface area contributed by atoms with E-state index < -0.39 is 5.97 Å². The van der Waals surface area contributed by atoms with Crippen molar-refractivity contribution >= 4 is 17.6 Å². The number of aromatic nitrogens is 3. The highest BCUT2D eigenvalue weighted by molar-refractivity contribution is 6.30. The quantitative estimate of drug-likeness (QED) is 0.882. The zero-order valence-corrected chi connectivity index (χ0v) is 8.92. The van der Waals surface area contributed by atoms with Crippen LogP contribution in [0.15, 0.2) is 30.5 Å². The third-order valence-electron chi connectivity index (χ3n) is 1.99. The lowest BCUT2D eigenvalue weighted by molar-refractivity contribution is 0.0690. The molecule has 0 aliphatic rings. The molecular formula is C10H8ClN3O2. The van der Waals surface area contributed by atoms with Crippen molar-refractivity contribution in [3.05, 3.63) is 46.7 Å². The van der Waals surface area contributed by atoms with Gasteiger partial charge in [-0.25, -0.2) is 9.48 Å². The second-order valence-corrected chi connectivity index (χ2v) is 3.67. The number of halogens is 1. The van der Waals surface area contributed by atoms with Gasteiger partial charge < -0.3 is 5.11 Å². The van der Waals surface area contributed by atoms with E-state index in [1.54, 1.807) is 12.1 Å². The molecule has 0 spiro atoms. The summed E-state index contributed by atoms with van der Waals surface area (Å²) in [6.07, 6.45) is 1.38. The van der Waals surface area contributed by atoms with Crippen LogP contribution in [-0.4, -0.2) is 26.1 Å². The van der Waals surface area contributed by atoms with Gasteiger partial charge in [-0.05, 0) is 17.7 Å². The van der Waals surface area contributed by atoms with Gasteiger partial charge in [-0.3, -0.25) is 0 Å². The highest BCUT2D eigenvalue weighted by Gasteiger charge is 2.08. The highest BCUT2D eigenvalue weighted by atomic mass is 35.5. The van der Waals surface area contributed by atoms with Crippen molar-refractivity contribution in [3.8, 4) is 0 Å². The van der Waals surface area contributed by atoms with E-state index in [-0.39, 0.29) is 5.69 Å². The summed E-state index contributed by atoms with van der Waals surface area (Å²) < 4.78 is 1.45. The van der Waals surface area contributed by atoms with E-state index >= 15 is 0 Å². The Morgan fingerprint density at radius 2 is 2.31 bits per heavy atom. The number of nitrogens with zero attached hydrogens (tertiary/aromatic N) is 3. The molecule has 0 fully saturated rings. The minimum atomic E-state index is -1.09. The van der Waals surface area contributed by atoms with E-state index in [1.165, 1.54) is 10.9 Å². The van der Waals surface area contributed by atoms with Gasteiger partial charge in [0.05, 0.1) is 12.7 Å². The molecule has 1 heterocycles. The first-order valence-corrected chi connectivity index (χ1v) is 4.91. The van der Waals surface area contributed by atoms with Crippen molar-refractivity contribution in [2.45, 2.75) is 6.54 Å². The smallest absolute Gasteiger partial charge is 0.358 e. The fourth-order valence-corrected chi connectivity index (χ4v) is 1.51. The molecular weight excluding hydrogens is 230 g/mol. The van der Waals surface area contributed by atoms with Crippen LogP contribution >= 0.6 is 11.6 Å². The third kappa shape index (κ3) is 2.38. The van der Waals surface area contributed by atoms with Gasteiger partial charge >= 0.3 is 5.97 Å². The van der Waals surface area contributed by atoms with Crippen molar-refractivity contribution in [1.82, 2.24) is 15.0 Å². The van der Waals surface area contributed by atoms with Crippen LogP contribution in [0.3, 0.4) is 0 Å². The van der Waals surface area contributed by atoms with Gasteiger partial charge in [0, 0.05) is 5.02 Å². The number of carboxylic acids is 1. The average molecular weight is 238 g/mol. The SMILES string of the molecule is O=C(O)c1cn(Cc2cccc(Cl)c2)nn1. The van der Waals surface area contributed by atoms with E-state index in [2.05, 4.69) is 10.3 Å². The van der Waals surface area contributed by atoms with E-state index in [0.29, 0.717) is 11.6 Å². The van der Waals surface area contributed by atoms with Crippen LogP contribution < -0.4 is 0 Å². The van der Waals surface area contributed by atoms with Gasteiger partial charge in [0.1, 0.15) is 0 Å². The molecule has 0 amide bonds. The van der Waals surface area contributed by atoms with Crippen LogP contribution in [0.25, 0.3) is 0 Å². The molecule has 0 saturated carbocycles. The first kappa shape index (κ1) is 10.6. The van der Waals surface area contributed by atoms with Gasteiger partial charge in [0.2, 0.25) is 0 Å². The molecule has 0 atom stereocenters. The number of hydrogen-bond donors (Lipinski definition) is 1. The normalized spacial score (nSPS) is 10.3. The van der Waals surface area contributed by atoms with Crippen LogP contribution in [0.5, 0.6) is 0 Å². The lowest BCUT2D eigenvalue weighted by Crippen LogP contribution is -2.00. The summed E-state index contributed by atoms with van der Waals surface area (Å²) in [6.45, 7) is 0.445. The van der Waals surface area contributed by atoms with Crippen LogP contribution in [-0.2, 0) is 6.54 Å². The van der Waals surface area contributed by atoms with Gasteiger partial charge in [-0.1, -0.05) is 28.9 Å². The number of carbonyl (C=O) groups is 1. The summed E-state index contributed by atoms with van der Waals surface area (Å²) in [5.41, 5.74) is 0.872. The molecule has 0 aliphatic carbocycles. The average Bonchev–Trinajstić information content (AvgIpc) is 2.66. The largest absolute Gasteiger partial charge is 0.476 e. The summed E-state index contributed by atoms with van der Waals surface area (Å²) in [4.78, 5) is 10.6. The second kappa shape index (κ2) is 4.32. The standard InChI is InChI=1S/C10H8ClN3O2/c11-8-3-1-2-7(4-8)5-14-6-9(10(15)16)12-13-14/h1-4,6H,5H2,(H,15,16). The minimum absolute atomic E-state index is 0.0676. The van der Waals surface area contributed by atoms with Crippen LogP contribution in [0, 0.1) is 0 Å². The Labute approximate surface area is 96.3 Å². The fraction of sp³-hybridized carbons (Fsp3) is 0.100. The number of benzene rings is 1. The minimum Gasteiger partial charge on any atom is -0.476 e. The van der Waals surface area contributed by atoms with E-state index in [4.69, 9.17) is 16.7 Å². The van der Waals surface area contributed by atoms with Crippen LogP contribution in [0.1, 0.15) is 16.1 Å². The van der Waals surface area contributed by atoms with Gasteiger partial charge in [-0.2, -0.15) is 0 Å². The molecule has 5 nitrogen and oxygen atoms in total. The zero-order chi connectivity index (χ0) is 11.5. The van der Waals surface area contributed by atoms with Crippen molar-refractivity contribution < 1.29 is 9.90 Å². The first-order valence-electron chi connectivity index (χ1n) is 4.53. The summed E-state index contributed by atoms with van der Waals surface area (Å²) >= 11 is 5.83. The molecule has 0 aliphatic heterocycles. The van der Waals surface area contributed by atoms with E-state index in [0.717, 1.165) is 5.56 Å². The number of hydrogen-bond acceptors (Lipinski definition) is 3. The third-order valence-corrected chi connectivity index (χ3v) is 2.23. The maximum Gasteiger partial charge on any atom is 0.358 e. The molecule has 0 bridgehead atoms. The topological polar surface area (TPSA) is 68.0 Å². The Bertz CT molecular complexity index is 524. The number of rotatable bonds is 3. The number of aromatic carboxylic acids is 1. The molecule has 6 heteroatoms. The molecule has 2 aromatic rings. The molecule has 16 heavy (non-hydrogen) atoms. The Kier molecular flexibility index (Phi) is 2.87. The molecule has 1 N–H and O–H groups in total. The molecule has 2 rings (SSSR count). The maximum absolute atomic E-state index is 10.6. The Hall–Kier alpha value is -1.88. The summed E-state index contributed by atoms with van der Waals surface area (Å²) in [7, 11) is 0. The van der Waals surface area contributed by atoms with Crippen LogP contribution in [0.4, 0.5) is 0 Å². The van der Waals surface area contributed by atoms with Crippen molar-refractivity contribution in [3.63, 3.8) is 0 Å². The Balaban J connectivity index is 2.17. The zero-order valence-electron chi connectivity index (χ0n) is 8.17. The van der Waals surface area contributed by atoms with Crippen molar-refractivity contribution in [2.24, 2.45) is 0 Å². The molecule has 0 saturated heterocycles. The monoisotopic (exact) mass is 237 g/mol. The van der Waals surface area contributed by atoms with Crippen molar-refractivity contribution in [2.75, 3.05) is 0 Å². The summed E-state index contributed by atoms with van der Waals surface area (Å²) in [5, 5.41) is 16.5. The predicted molar refractivity (Wildman–Crippen MR) is 57.5 cm³/mol. The lowest BCUT2D eigenvalue weighted by Gasteiger charge is -2.00. The number of carboxylic acid groups (broad SMARTS) is 1. The van der Waals surface area contributed by atoms with E-state index in [9.17, 15) is 4.79 Å². The molecule has 1 aromatic heterocycles. The Morgan fingerprint density at radius 1 is 1.50 bits per heavy atom. The van der Waals surface area contributed by atoms with Gasteiger partial charge in [0.15, 0.2) is 5.69 Å². The Morgan fingerprint density at radius 3 is 2.94 bits per heavy atom. The maximum atomic E-state index is 10.6. The van der Waals surface area contributed by atoms with E-state index in [1.807, 2.05) is 12.1 Å².